The van der Waals surface area contributed by atoms with E-state index in [2.05, 4.69) is 5.32 Å². The van der Waals surface area contributed by atoms with Gasteiger partial charge in [-0.25, -0.2) is 4.79 Å². The Balaban J connectivity index is 1.46. The number of carbonyl (C=O) groups is 2. The summed E-state index contributed by atoms with van der Waals surface area (Å²) in [6.45, 7) is 5.35. The van der Waals surface area contributed by atoms with Crippen LogP contribution in [0.4, 0.5) is 0 Å². The van der Waals surface area contributed by atoms with E-state index in [0.717, 1.165) is 16.7 Å². The second kappa shape index (κ2) is 9.05. The lowest BCUT2D eigenvalue weighted by atomic mass is 10.1. The van der Waals surface area contributed by atoms with E-state index < -0.39 is 18.0 Å². The Labute approximate surface area is 173 Å². The lowest BCUT2D eigenvalue weighted by Gasteiger charge is -2.15. The number of carbonyl (C=O) groups excluding carboxylic acids is 2. The first-order valence-corrected chi connectivity index (χ1v) is 9.46. The Kier molecular flexibility index (Phi) is 6.49. The molecule has 154 valence electrons. The first-order valence-electron chi connectivity index (χ1n) is 9.08. The van der Waals surface area contributed by atoms with Crippen molar-refractivity contribution in [2.24, 2.45) is 0 Å². The van der Waals surface area contributed by atoms with Crippen LogP contribution in [0.15, 0.2) is 30.3 Å². The molecule has 0 aromatic heterocycles. The third kappa shape index (κ3) is 5.32. The second-order valence-electron chi connectivity index (χ2n) is 6.69. The van der Waals surface area contributed by atoms with Crippen LogP contribution in [0.1, 0.15) is 23.6 Å². The maximum Gasteiger partial charge on any atom is 0.344 e. The second-order valence-corrected chi connectivity index (χ2v) is 7.13. The number of hydrogen-bond donors (Lipinski definition) is 1. The van der Waals surface area contributed by atoms with E-state index in [1.807, 2.05) is 19.9 Å². The summed E-state index contributed by atoms with van der Waals surface area (Å²) in [4.78, 5) is 24.2. The van der Waals surface area contributed by atoms with E-state index in [9.17, 15) is 9.59 Å². The first kappa shape index (κ1) is 20.8. The fourth-order valence-corrected chi connectivity index (χ4v) is 3.25. The summed E-state index contributed by atoms with van der Waals surface area (Å²) in [7, 11) is 0. The summed E-state index contributed by atoms with van der Waals surface area (Å²) in [5.74, 6) is 0.848. The number of halogens is 1. The van der Waals surface area contributed by atoms with Crippen LogP contribution >= 0.6 is 11.6 Å². The highest BCUT2D eigenvalue weighted by Crippen LogP contribution is 2.32. The van der Waals surface area contributed by atoms with Crippen molar-refractivity contribution in [3.05, 3.63) is 52.0 Å². The topological polar surface area (TPSA) is 83.1 Å². The van der Waals surface area contributed by atoms with Crippen LogP contribution < -0.4 is 19.5 Å². The van der Waals surface area contributed by atoms with Gasteiger partial charge in [0.2, 0.25) is 6.79 Å². The Morgan fingerprint density at radius 2 is 1.83 bits per heavy atom. The summed E-state index contributed by atoms with van der Waals surface area (Å²) in [5.41, 5.74) is 2.48. The first-order chi connectivity index (χ1) is 13.8. The monoisotopic (exact) mass is 419 g/mol. The summed E-state index contributed by atoms with van der Waals surface area (Å²) >= 11 is 5.99. The number of aryl methyl sites for hydroxylation is 2. The van der Waals surface area contributed by atoms with Gasteiger partial charge < -0.3 is 24.3 Å². The lowest BCUT2D eigenvalue weighted by molar-refractivity contribution is -0.156. The van der Waals surface area contributed by atoms with Gasteiger partial charge in [0.15, 0.2) is 24.2 Å². The van der Waals surface area contributed by atoms with Gasteiger partial charge in [0.1, 0.15) is 5.75 Å². The predicted octanol–water partition coefficient (Wildman–Crippen LogP) is 3.31. The summed E-state index contributed by atoms with van der Waals surface area (Å²) < 4.78 is 21.3. The van der Waals surface area contributed by atoms with Crippen molar-refractivity contribution in [3.8, 4) is 17.2 Å². The van der Waals surface area contributed by atoms with Crippen LogP contribution in [0.3, 0.4) is 0 Å². The van der Waals surface area contributed by atoms with Crippen LogP contribution in [0.2, 0.25) is 5.02 Å². The van der Waals surface area contributed by atoms with Gasteiger partial charge in [0, 0.05) is 11.6 Å². The molecule has 1 atom stereocenters. The van der Waals surface area contributed by atoms with Gasteiger partial charge >= 0.3 is 5.97 Å². The minimum Gasteiger partial charge on any atom is -0.481 e. The molecule has 0 spiro atoms. The Morgan fingerprint density at radius 3 is 2.55 bits per heavy atom. The fraction of sp³-hybridized carbons (Fsp3) is 0.333. The molecule has 29 heavy (non-hydrogen) atoms. The molecule has 0 bridgehead atoms. The maximum absolute atomic E-state index is 12.2. The standard InChI is InChI=1S/C21H22ClNO6/c1-12-6-16(22)7-13(2)20(12)26-10-19(24)29-14(3)21(25)23-9-15-4-5-17-18(8-15)28-11-27-17/h4-8,14H,9-11H2,1-3H3,(H,23,25)/t14-/m0/s1. The number of nitrogens with one attached hydrogen (secondary N) is 1. The number of benzene rings is 2. The van der Waals surface area contributed by atoms with Crippen molar-refractivity contribution >= 4 is 23.5 Å². The van der Waals surface area contributed by atoms with Gasteiger partial charge in [-0.2, -0.15) is 0 Å². The quantitative estimate of drug-likeness (QED) is 0.693. The average Bonchev–Trinajstić information content (AvgIpc) is 3.12. The van der Waals surface area contributed by atoms with Crippen molar-refractivity contribution < 1.29 is 28.5 Å². The minimum atomic E-state index is -0.951. The van der Waals surface area contributed by atoms with Crippen molar-refractivity contribution in [1.82, 2.24) is 5.32 Å². The molecule has 1 N–H and O–H groups in total. The molecule has 7 nitrogen and oxygen atoms in total. The van der Waals surface area contributed by atoms with Gasteiger partial charge in [0.25, 0.3) is 5.91 Å². The molecule has 1 aliphatic rings. The Hall–Kier alpha value is -2.93. The number of amides is 1. The van der Waals surface area contributed by atoms with Gasteiger partial charge in [-0.15, -0.1) is 0 Å². The highest BCUT2D eigenvalue weighted by Gasteiger charge is 2.19. The van der Waals surface area contributed by atoms with E-state index in [-0.39, 0.29) is 19.9 Å². The highest BCUT2D eigenvalue weighted by molar-refractivity contribution is 6.30. The maximum atomic E-state index is 12.2. The van der Waals surface area contributed by atoms with Crippen molar-refractivity contribution in [2.75, 3.05) is 13.4 Å². The zero-order valence-corrected chi connectivity index (χ0v) is 17.2. The molecule has 1 amide bonds. The number of esters is 1. The zero-order valence-electron chi connectivity index (χ0n) is 16.4. The molecule has 3 rings (SSSR count). The van der Waals surface area contributed by atoms with E-state index in [0.29, 0.717) is 22.3 Å². The Morgan fingerprint density at radius 1 is 1.14 bits per heavy atom. The number of rotatable bonds is 7. The molecule has 2 aromatic rings. The van der Waals surface area contributed by atoms with Gasteiger partial charge in [-0.1, -0.05) is 17.7 Å². The SMILES string of the molecule is Cc1cc(Cl)cc(C)c1OCC(=O)O[C@@H](C)C(=O)NCc1ccc2c(c1)OCO2. The third-order valence-corrected chi connectivity index (χ3v) is 4.56. The molecule has 1 aliphatic heterocycles. The number of hydrogen-bond acceptors (Lipinski definition) is 6. The van der Waals surface area contributed by atoms with Crippen LogP contribution in [0.25, 0.3) is 0 Å². The summed E-state index contributed by atoms with van der Waals surface area (Å²) in [5, 5.41) is 3.33. The van der Waals surface area contributed by atoms with E-state index >= 15 is 0 Å². The van der Waals surface area contributed by atoms with Crippen molar-refractivity contribution in [3.63, 3.8) is 0 Å². The van der Waals surface area contributed by atoms with E-state index in [1.165, 1.54) is 6.92 Å². The van der Waals surface area contributed by atoms with E-state index in [4.69, 9.17) is 30.5 Å². The van der Waals surface area contributed by atoms with Crippen LogP contribution in [-0.4, -0.2) is 31.4 Å². The number of fused-ring (bicyclic) bond motifs is 1. The zero-order chi connectivity index (χ0) is 21.0. The lowest BCUT2D eigenvalue weighted by Crippen LogP contribution is -2.36. The van der Waals surface area contributed by atoms with Crippen molar-refractivity contribution in [1.29, 1.82) is 0 Å². The Bertz CT molecular complexity index is 906. The molecule has 8 heteroatoms. The van der Waals surface area contributed by atoms with Crippen molar-refractivity contribution in [2.45, 2.75) is 33.4 Å². The molecular formula is C21H22ClNO6. The van der Waals surface area contributed by atoms with Crippen LogP contribution in [-0.2, 0) is 20.9 Å². The molecule has 2 aromatic carbocycles. The molecule has 0 unspecified atom stereocenters. The normalized spacial score (nSPS) is 13.0. The third-order valence-electron chi connectivity index (χ3n) is 4.34. The summed E-state index contributed by atoms with van der Waals surface area (Å²) in [6, 6.07) is 8.91. The van der Waals surface area contributed by atoms with Gasteiger partial charge in [0.05, 0.1) is 0 Å². The van der Waals surface area contributed by atoms with Gasteiger partial charge in [-0.05, 0) is 61.7 Å². The molecule has 1 heterocycles. The molecular weight excluding hydrogens is 398 g/mol. The van der Waals surface area contributed by atoms with Crippen LogP contribution in [0.5, 0.6) is 17.2 Å². The highest BCUT2D eigenvalue weighted by atomic mass is 35.5. The summed E-state index contributed by atoms with van der Waals surface area (Å²) in [6.07, 6.45) is -0.951. The molecule has 0 saturated heterocycles. The largest absolute Gasteiger partial charge is 0.481 e. The van der Waals surface area contributed by atoms with Gasteiger partial charge in [-0.3, -0.25) is 4.79 Å². The van der Waals surface area contributed by atoms with E-state index in [1.54, 1.807) is 24.3 Å². The van der Waals surface area contributed by atoms with Crippen LogP contribution in [0, 0.1) is 13.8 Å². The number of ether oxygens (including phenoxy) is 4. The average molecular weight is 420 g/mol. The molecule has 0 aliphatic carbocycles. The molecule has 0 radical (unpaired) electrons. The fourth-order valence-electron chi connectivity index (χ4n) is 2.92. The smallest absolute Gasteiger partial charge is 0.344 e. The molecule has 0 saturated carbocycles. The molecule has 0 fully saturated rings. The minimum absolute atomic E-state index is 0.190. The predicted molar refractivity (Wildman–Crippen MR) is 106 cm³/mol.